The predicted octanol–water partition coefficient (Wildman–Crippen LogP) is 2.87. The van der Waals surface area contributed by atoms with Crippen molar-refractivity contribution in [3.8, 4) is 5.75 Å². The van der Waals surface area contributed by atoms with Crippen molar-refractivity contribution in [1.82, 2.24) is 0 Å². The van der Waals surface area contributed by atoms with Crippen molar-refractivity contribution in [1.29, 1.82) is 0 Å². The van der Waals surface area contributed by atoms with E-state index in [-0.39, 0.29) is 5.75 Å². The highest BCUT2D eigenvalue weighted by molar-refractivity contribution is 5.92. The van der Waals surface area contributed by atoms with Gasteiger partial charge in [-0.2, -0.15) is 4.39 Å². The lowest BCUT2D eigenvalue weighted by atomic mass is 10.2. The van der Waals surface area contributed by atoms with Crippen LogP contribution in [-0.2, 0) is 4.79 Å². The first kappa shape index (κ1) is 14.8. The Morgan fingerprint density at radius 3 is 2.76 bits per heavy atom. The summed E-state index contributed by atoms with van der Waals surface area (Å²) in [5, 5.41) is 2.55. The van der Waals surface area contributed by atoms with Crippen LogP contribution in [0.4, 0.5) is 20.2 Å². The molecule has 0 fully saturated rings. The fourth-order valence-corrected chi connectivity index (χ4v) is 1.65. The van der Waals surface area contributed by atoms with Gasteiger partial charge in [0, 0.05) is 11.4 Å². The zero-order valence-electron chi connectivity index (χ0n) is 11.3. The number of rotatable bonds is 4. The van der Waals surface area contributed by atoms with Crippen LogP contribution in [0, 0.1) is 18.6 Å². The van der Waals surface area contributed by atoms with Crippen LogP contribution in [0.25, 0.3) is 0 Å². The maximum Gasteiger partial charge on any atom is 0.262 e. The second kappa shape index (κ2) is 6.21. The van der Waals surface area contributed by atoms with E-state index in [1.807, 2.05) is 6.92 Å². The van der Waals surface area contributed by atoms with Gasteiger partial charge in [0.25, 0.3) is 5.91 Å². The Morgan fingerprint density at radius 2 is 2.05 bits per heavy atom. The largest absolute Gasteiger partial charge is 0.481 e. The second-order valence-corrected chi connectivity index (χ2v) is 4.46. The van der Waals surface area contributed by atoms with Gasteiger partial charge in [0.05, 0.1) is 0 Å². The lowest BCUT2D eigenvalue weighted by Crippen LogP contribution is -2.20. The standard InChI is InChI=1S/C15H14F2N2O2/c1-9-5-6-10(7-12(9)18)19-14(20)8-21-13-4-2-3-11(16)15(13)17/h2-7H,8,18H2,1H3,(H,19,20). The van der Waals surface area contributed by atoms with Crippen molar-refractivity contribution < 1.29 is 18.3 Å². The summed E-state index contributed by atoms with van der Waals surface area (Å²) >= 11 is 0. The van der Waals surface area contributed by atoms with E-state index in [0.717, 1.165) is 11.6 Å². The molecule has 0 aromatic heterocycles. The molecule has 2 aromatic rings. The molecular formula is C15H14F2N2O2. The summed E-state index contributed by atoms with van der Waals surface area (Å²) in [4.78, 5) is 11.7. The van der Waals surface area contributed by atoms with Gasteiger partial charge in [-0.15, -0.1) is 0 Å². The molecule has 0 saturated carbocycles. The number of nitrogens with one attached hydrogen (secondary N) is 1. The van der Waals surface area contributed by atoms with Crippen LogP contribution in [0.15, 0.2) is 36.4 Å². The fourth-order valence-electron chi connectivity index (χ4n) is 1.65. The zero-order valence-corrected chi connectivity index (χ0v) is 11.3. The Kier molecular flexibility index (Phi) is 4.37. The first-order valence-corrected chi connectivity index (χ1v) is 6.20. The molecule has 6 heteroatoms. The van der Waals surface area contributed by atoms with E-state index in [1.165, 1.54) is 12.1 Å². The van der Waals surface area contributed by atoms with Crippen molar-refractivity contribution >= 4 is 17.3 Å². The number of nitrogen functional groups attached to an aromatic ring is 1. The van der Waals surface area contributed by atoms with Gasteiger partial charge in [-0.1, -0.05) is 12.1 Å². The van der Waals surface area contributed by atoms with Crippen LogP contribution in [-0.4, -0.2) is 12.5 Å². The van der Waals surface area contributed by atoms with Crippen LogP contribution in [0.1, 0.15) is 5.56 Å². The van der Waals surface area contributed by atoms with Crippen molar-refractivity contribution in [3.63, 3.8) is 0 Å². The third-order valence-electron chi connectivity index (χ3n) is 2.84. The number of ether oxygens (including phenoxy) is 1. The van der Waals surface area contributed by atoms with E-state index in [1.54, 1.807) is 18.2 Å². The molecular weight excluding hydrogens is 278 g/mol. The van der Waals surface area contributed by atoms with Crippen molar-refractivity contribution in [2.75, 3.05) is 17.7 Å². The van der Waals surface area contributed by atoms with Crippen LogP contribution in [0.5, 0.6) is 5.75 Å². The summed E-state index contributed by atoms with van der Waals surface area (Å²) in [6.45, 7) is 1.41. The number of carbonyl (C=O) groups is 1. The second-order valence-electron chi connectivity index (χ2n) is 4.46. The summed E-state index contributed by atoms with van der Waals surface area (Å²) in [6.07, 6.45) is 0. The van der Waals surface area contributed by atoms with Crippen LogP contribution >= 0.6 is 0 Å². The molecule has 0 bridgehead atoms. The van der Waals surface area contributed by atoms with E-state index in [0.29, 0.717) is 11.4 Å². The van der Waals surface area contributed by atoms with Crippen LogP contribution < -0.4 is 15.8 Å². The lowest BCUT2D eigenvalue weighted by molar-refractivity contribution is -0.118. The Bertz CT molecular complexity index is 675. The molecule has 0 atom stereocenters. The molecule has 0 aliphatic rings. The molecule has 0 unspecified atom stereocenters. The summed E-state index contributed by atoms with van der Waals surface area (Å²) in [5.41, 5.74) is 7.67. The van der Waals surface area contributed by atoms with E-state index < -0.39 is 24.1 Å². The zero-order chi connectivity index (χ0) is 15.4. The quantitative estimate of drug-likeness (QED) is 0.852. The number of benzene rings is 2. The number of aryl methyl sites for hydroxylation is 1. The average molecular weight is 292 g/mol. The van der Waals surface area contributed by atoms with Gasteiger partial charge in [-0.25, -0.2) is 4.39 Å². The minimum absolute atomic E-state index is 0.312. The first-order chi connectivity index (χ1) is 9.97. The number of nitrogens with two attached hydrogens (primary N) is 1. The molecule has 0 spiro atoms. The van der Waals surface area contributed by atoms with Crippen molar-refractivity contribution in [2.24, 2.45) is 0 Å². The Morgan fingerprint density at radius 1 is 1.29 bits per heavy atom. The molecule has 0 aliphatic carbocycles. The van der Waals surface area contributed by atoms with E-state index >= 15 is 0 Å². The lowest BCUT2D eigenvalue weighted by Gasteiger charge is -2.09. The number of hydrogen-bond donors (Lipinski definition) is 2. The maximum atomic E-state index is 13.3. The van der Waals surface area contributed by atoms with Gasteiger partial charge in [-0.3, -0.25) is 4.79 Å². The fraction of sp³-hybridized carbons (Fsp3) is 0.133. The normalized spacial score (nSPS) is 10.2. The molecule has 0 aliphatic heterocycles. The molecule has 0 saturated heterocycles. The SMILES string of the molecule is Cc1ccc(NC(=O)COc2cccc(F)c2F)cc1N. The Labute approximate surface area is 120 Å². The highest BCUT2D eigenvalue weighted by Crippen LogP contribution is 2.19. The summed E-state index contributed by atoms with van der Waals surface area (Å²) in [7, 11) is 0. The molecule has 21 heavy (non-hydrogen) atoms. The molecule has 4 nitrogen and oxygen atoms in total. The van der Waals surface area contributed by atoms with Crippen LogP contribution in [0.2, 0.25) is 0 Å². The molecule has 2 aromatic carbocycles. The number of anilines is 2. The van der Waals surface area contributed by atoms with Gasteiger partial charge in [0.1, 0.15) is 0 Å². The third-order valence-corrected chi connectivity index (χ3v) is 2.84. The molecule has 0 heterocycles. The predicted molar refractivity (Wildman–Crippen MR) is 76.1 cm³/mol. The maximum absolute atomic E-state index is 13.3. The summed E-state index contributed by atoms with van der Waals surface area (Å²) < 4.78 is 31.2. The van der Waals surface area contributed by atoms with Crippen LogP contribution in [0.3, 0.4) is 0 Å². The van der Waals surface area contributed by atoms with Gasteiger partial charge >= 0.3 is 0 Å². The first-order valence-electron chi connectivity index (χ1n) is 6.20. The summed E-state index contributed by atoms with van der Waals surface area (Å²) in [6, 6.07) is 8.57. The van der Waals surface area contributed by atoms with E-state index in [9.17, 15) is 13.6 Å². The highest BCUT2D eigenvalue weighted by atomic mass is 19.2. The van der Waals surface area contributed by atoms with Gasteiger partial charge in [0.15, 0.2) is 18.2 Å². The van der Waals surface area contributed by atoms with Crippen molar-refractivity contribution in [3.05, 3.63) is 53.6 Å². The molecule has 2 rings (SSSR count). The van der Waals surface area contributed by atoms with Gasteiger partial charge < -0.3 is 15.8 Å². The number of halogens is 2. The monoisotopic (exact) mass is 292 g/mol. The molecule has 0 radical (unpaired) electrons. The third kappa shape index (κ3) is 3.68. The Hall–Kier alpha value is -2.63. The average Bonchev–Trinajstić information content (AvgIpc) is 2.44. The van der Waals surface area contributed by atoms with Gasteiger partial charge in [0.2, 0.25) is 5.82 Å². The minimum Gasteiger partial charge on any atom is -0.481 e. The van der Waals surface area contributed by atoms with E-state index in [2.05, 4.69) is 5.32 Å². The van der Waals surface area contributed by atoms with E-state index in [4.69, 9.17) is 10.5 Å². The number of amides is 1. The molecule has 1 amide bonds. The smallest absolute Gasteiger partial charge is 0.262 e. The topological polar surface area (TPSA) is 64.3 Å². The van der Waals surface area contributed by atoms with Gasteiger partial charge in [-0.05, 0) is 36.8 Å². The molecule has 110 valence electrons. The highest BCUT2D eigenvalue weighted by Gasteiger charge is 2.11. The Balaban J connectivity index is 1.96. The molecule has 3 N–H and O–H groups in total. The number of hydrogen-bond acceptors (Lipinski definition) is 3. The van der Waals surface area contributed by atoms with Crippen molar-refractivity contribution in [2.45, 2.75) is 6.92 Å². The minimum atomic E-state index is -1.12. The summed E-state index contributed by atoms with van der Waals surface area (Å²) in [5.74, 6) is -2.96. The number of carbonyl (C=O) groups excluding carboxylic acids is 1.